The Bertz CT molecular complexity index is 1230. The number of nitriles is 1. The van der Waals surface area contributed by atoms with E-state index in [1.165, 1.54) is 0 Å². The number of nitrogens with one attached hydrogen (secondary N) is 1. The standard InChI is InChI=1S/C25H29N7O2S.H2O.H2/c1-16-19(4-2-11-32(16)24(34)20-14-31-10-3-9-27-25(31)30-20)23(33)28-13-22-29-21(15-35-22)18-7-5-17(12-26)6-8-18;;/h3,9-10,14-19H,2,4-8,11,13H2,1H3,(H,28,33);1H2;1H/t16-,17?,18?,19-;;/m0../s1. The van der Waals surface area contributed by atoms with E-state index >= 15 is 0 Å². The van der Waals surface area contributed by atoms with Crippen molar-refractivity contribution >= 4 is 28.9 Å². The van der Waals surface area contributed by atoms with Gasteiger partial charge in [-0.3, -0.25) is 14.0 Å². The lowest BCUT2D eigenvalue weighted by Gasteiger charge is -2.38. The van der Waals surface area contributed by atoms with E-state index in [4.69, 9.17) is 10.2 Å². The lowest BCUT2D eigenvalue weighted by atomic mass is 9.81. The number of rotatable bonds is 5. The van der Waals surface area contributed by atoms with Crippen LogP contribution < -0.4 is 5.32 Å². The topological polar surface area (TPSA) is 148 Å². The Balaban J connectivity index is 0.00000190. The molecule has 2 atom stereocenters. The molecule has 5 rings (SSSR count). The van der Waals surface area contributed by atoms with Gasteiger partial charge in [0, 0.05) is 49.8 Å². The van der Waals surface area contributed by atoms with Crippen molar-refractivity contribution in [3.63, 3.8) is 0 Å². The van der Waals surface area contributed by atoms with Crippen molar-refractivity contribution in [2.24, 2.45) is 11.8 Å². The molecule has 0 radical (unpaired) electrons. The summed E-state index contributed by atoms with van der Waals surface area (Å²) < 4.78 is 1.73. The van der Waals surface area contributed by atoms with Gasteiger partial charge in [-0.2, -0.15) is 5.26 Å². The first-order chi connectivity index (χ1) is 17.0. The highest BCUT2D eigenvalue weighted by Crippen LogP contribution is 2.35. The second-order valence-electron chi connectivity index (χ2n) is 9.50. The third-order valence-electron chi connectivity index (χ3n) is 7.35. The smallest absolute Gasteiger partial charge is 0.274 e. The molecular formula is C25H33N7O3S. The van der Waals surface area contributed by atoms with Gasteiger partial charge in [0.1, 0.15) is 10.7 Å². The van der Waals surface area contributed by atoms with Crippen LogP contribution >= 0.6 is 11.3 Å². The fourth-order valence-corrected chi connectivity index (χ4v) is 6.08. The second kappa shape index (κ2) is 11.1. The highest BCUT2D eigenvalue weighted by atomic mass is 32.1. The summed E-state index contributed by atoms with van der Waals surface area (Å²) in [5.74, 6) is 0.582. The number of hydrogen-bond acceptors (Lipinski definition) is 7. The monoisotopic (exact) mass is 511 g/mol. The van der Waals surface area contributed by atoms with Crippen molar-refractivity contribution in [2.45, 2.75) is 64.0 Å². The summed E-state index contributed by atoms with van der Waals surface area (Å²) in [6, 6.07) is 3.94. The van der Waals surface area contributed by atoms with Gasteiger partial charge in [0.05, 0.1) is 24.2 Å². The van der Waals surface area contributed by atoms with E-state index in [9.17, 15) is 9.59 Å². The largest absolute Gasteiger partial charge is 0.412 e. The third kappa shape index (κ3) is 5.24. The van der Waals surface area contributed by atoms with E-state index < -0.39 is 0 Å². The maximum Gasteiger partial charge on any atom is 0.274 e. The van der Waals surface area contributed by atoms with Gasteiger partial charge >= 0.3 is 0 Å². The fourth-order valence-electron chi connectivity index (χ4n) is 5.27. The number of thiazole rings is 1. The van der Waals surface area contributed by atoms with Gasteiger partial charge in [-0.05, 0) is 51.5 Å². The zero-order valence-corrected chi connectivity index (χ0v) is 21.1. The van der Waals surface area contributed by atoms with Gasteiger partial charge in [0.15, 0.2) is 0 Å². The molecule has 0 bridgehead atoms. The van der Waals surface area contributed by atoms with E-state index in [2.05, 4.69) is 26.7 Å². The van der Waals surface area contributed by atoms with Crippen LogP contribution in [0.3, 0.4) is 0 Å². The van der Waals surface area contributed by atoms with Gasteiger partial charge in [0.2, 0.25) is 11.7 Å². The lowest BCUT2D eigenvalue weighted by Crippen LogP contribution is -2.51. The van der Waals surface area contributed by atoms with Crippen LogP contribution in [0, 0.1) is 23.2 Å². The number of carbonyl (C=O) groups excluding carboxylic acids is 2. The van der Waals surface area contributed by atoms with Crippen molar-refractivity contribution in [3.05, 3.63) is 46.4 Å². The molecule has 3 aromatic heterocycles. The number of likely N-dealkylation sites (tertiary alicyclic amines) is 1. The van der Waals surface area contributed by atoms with E-state index in [-0.39, 0.29) is 36.6 Å². The molecule has 1 aliphatic carbocycles. The molecule has 2 amide bonds. The van der Waals surface area contributed by atoms with E-state index in [1.807, 2.05) is 13.1 Å². The number of imidazole rings is 1. The summed E-state index contributed by atoms with van der Waals surface area (Å²) in [5, 5.41) is 15.1. The zero-order valence-electron chi connectivity index (χ0n) is 20.3. The average Bonchev–Trinajstić information content (AvgIpc) is 3.54. The Hall–Kier alpha value is -3.36. The van der Waals surface area contributed by atoms with E-state index in [0.29, 0.717) is 30.5 Å². The molecule has 36 heavy (non-hydrogen) atoms. The average molecular weight is 512 g/mol. The number of fused-ring (bicyclic) bond motifs is 1. The fraction of sp³-hybridized carbons (Fsp3) is 0.520. The minimum absolute atomic E-state index is 0. The number of aromatic nitrogens is 4. The number of piperidine rings is 1. The van der Waals surface area contributed by atoms with Crippen LogP contribution in [0.1, 0.15) is 74.0 Å². The maximum atomic E-state index is 13.2. The first kappa shape index (κ1) is 25.7. The Morgan fingerprint density at radius 3 is 2.81 bits per heavy atom. The molecule has 4 heterocycles. The van der Waals surface area contributed by atoms with Crippen LogP contribution in [0.4, 0.5) is 0 Å². The zero-order chi connectivity index (χ0) is 24.4. The second-order valence-corrected chi connectivity index (χ2v) is 10.4. The number of hydrogen-bond donors (Lipinski definition) is 1. The van der Waals surface area contributed by atoms with Crippen LogP contribution in [0.25, 0.3) is 5.78 Å². The summed E-state index contributed by atoms with van der Waals surface area (Å²) in [6.45, 7) is 2.94. The molecular weight excluding hydrogens is 478 g/mol. The number of carbonyl (C=O) groups is 2. The summed E-state index contributed by atoms with van der Waals surface area (Å²) in [6.07, 6.45) is 10.5. The summed E-state index contributed by atoms with van der Waals surface area (Å²) in [4.78, 5) is 41.3. The highest BCUT2D eigenvalue weighted by molar-refractivity contribution is 7.09. The minimum Gasteiger partial charge on any atom is -0.412 e. The molecule has 1 aliphatic heterocycles. The first-order valence-corrected chi connectivity index (χ1v) is 13.1. The Kier molecular flexibility index (Phi) is 7.96. The van der Waals surface area contributed by atoms with Crippen LogP contribution in [0.15, 0.2) is 30.0 Å². The van der Waals surface area contributed by atoms with Crippen LogP contribution in [-0.4, -0.2) is 54.1 Å². The molecule has 2 fully saturated rings. The molecule has 2 aliphatic rings. The summed E-state index contributed by atoms with van der Waals surface area (Å²) in [5.41, 5.74) is 1.43. The molecule has 0 aromatic carbocycles. The van der Waals surface area contributed by atoms with E-state index in [0.717, 1.165) is 49.2 Å². The maximum absolute atomic E-state index is 13.2. The minimum atomic E-state index is -0.274. The van der Waals surface area contributed by atoms with Crippen molar-refractivity contribution in [1.82, 2.24) is 29.6 Å². The summed E-state index contributed by atoms with van der Waals surface area (Å²) >= 11 is 1.57. The molecule has 0 unspecified atom stereocenters. The molecule has 0 spiro atoms. The summed E-state index contributed by atoms with van der Waals surface area (Å²) in [7, 11) is 0. The lowest BCUT2D eigenvalue weighted by molar-refractivity contribution is -0.128. The Morgan fingerprint density at radius 1 is 1.25 bits per heavy atom. The van der Waals surface area contributed by atoms with Crippen molar-refractivity contribution in [3.8, 4) is 6.07 Å². The quantitative estimate of drug-likeness (QED) is 0.557. The van der Waals surface area contributed by atoms with Gasteiger partial charge in [-0.15, -0.1) is 11.3 Å². The van der Waals surface area contributed by atoms with Crippen LogP contribution in [0.2, 0.25) is 0 Å². The first-order valence-electron chi connectivity index (χ1n) is 12.3. The van der Waals surface area contributed by atoms with Crippen molar-refractivity contribution in [1.29, 1.82) is 5.26 Å². The van der Waals surface area contributed by atoms with Crippen LogP contribution in [0.5, 0.6) is 0 Å². The molecule has 3 aromatic rings. The Labute approximate surface area is 215 Å². The van der Waals surface area contributed by atoms with Gasteiger partial charge in [-0.1, -0.05) is 0 Å². The van der Waals surface area contributed by atoms with Gasteiger partial charge < -0.3 is 15.7 Å². The van der Waals surface area contributed by atoms with Crippen molar-refractivity contribution in [2.75, 3.05) is 6.54 Å². The Morgan fingerprint density at radius 2 is 2.06 bits per heavy atom. The third-order valence-corrected chi connectivity index (χ3v) is 8.22. The molecule has 1 saturated carbocycles. The molecule has 10 nitrogen and oxygen atoms in total. The van der Waals surface area contributed by atoms with Crippen LogP contribution in [-0.2, 0) is 11.3 Å². The van der Waals surface area contributed by atoms with E-state index in [1.54, 1.807) is 39.1 Å². The molecule has 192 valence electrons. The normalized spacial score (nSPS) is 24.1. The predicted molar refractivity (Wildman–Crippen MR) is 136 cm³/mol. The molecule has 3 N–H and O–H groups in total. The number of nitrogens with zero attached hydrogens (tertiary/aromatic N) is 6. The molecule has 1 saturated heterocycles. The van der Waals surface area contributed by atoms with Gasteiger partial charge in [0.25, 0.3) is 5.91 Å². The SMILES string of the molecule is C[C@H]1[C@@H](C(=O)NCc2nc(C3CCC(C#N)CC3)cs2)CCCN1C(=O)c1cn2cccnc2n1.O.[HH]. The molecule has 11 heteroatoms. The predicted octanol–water partition coefficient (Wildman–Crippen LogP) is 2.96. The van der Waals surface area contributed by atoms with Gasteiger partial charge in [-0.25, -0.2) is 15.0 Å². The van der Waals surface area contributed by atoms with Crippen molar-refractivity contribution < 1.29 is 16.5 Å². The highest BCUT2D eigenvalue weighted by Gasteiger charge is 2.36. The number of amides is 2.